The lowest BCUT2D eigenvalue weighted by molar-refractivity contribution is -0.372. The van der Waals surface area contributed by atoms with Gasteiger partial charge in [0.15, 0.2) is 0 Å². The number of allylic oxidation sites excluding steroid dienone is 2. The summed E-state index contributed by atoms with van der Waals surface area (Å²) in [7, 11) is 0. The molecule has 5 N–H and O–H groups in total. The topological polar surface area (TPSA) is 110 Å². The average Bonchev–Trinajstić information content (AvgIpc) is 2.79. The van der Waals surface area contributed by atoms with Crippen molar-refractivity contribution in [2.24, 2.45) is 16.2 Å². The molecule has 3 fully saturated rings. The van der Waals surface area contributed by atoms with Crippen LogP contribution in [0, 0.1) is 16.2 Å². The minimum absolute atomic E-state index is 0.126. The van der Waals surface area contributed by atoms with Gasteiger partial charge in [0.25, 0.3) is 0 Å². The first-order valence-corrected chi connectivity index (χ1v) is 9.39. The van der Waals surface area contributed by atoms with E-state index in [0.717, 1.165) is 0 Å². The Kier molecular flexibility index (Phi) is 3.43. The van der Waals surface area contributed by atoms with Gasteiger partial charge in [0, 0.05) is 5.41 Å². The second-order valence-corrected chi connectivity index (χ2v) is 9.71. The first kappa shape index (κ1) is 18.6. The van der Waals surface area contributed by atoms with Crippen molar-refractivity contribution in [3.8, 4) is 0 Å². The fourth-order valence-corrected chi connectivity index (χ4v) is 6.55. The van der Waals surface area contributed by atoms with E-state index in [1.165, 1.54) is 0 Å². The zero-order valence-corrected chi connectivity index (χ0v) is 15.7. The first-order chi connectivity index (χ1) is 11.9. The Labute approximate surface area is 153 Å². The number of ether oxygens (including phenoxy) is 1. The maximum atomic E-state index is 11.9. The van der Waals surface area contributed by atoms with E-state index in [1.807, 2.05) is 20.8 Å². The summed E-state index contributed by atoms with van der Waals surface area (Å²) >= 11 is 0. The SMILES string of the molecule is C=C[C@]1(C)C=C2C(O)C3(O)OC[C@@]4(CCCC(C)(C)[C@]34O)[C@@]2(O)[C@H](O)C1. The Hall–Kier alpha value is -0.760. The second kappa shape index (κ2) is 4.80. The van der Waals surface area contributed by atoms with Crippen LogP contribution in [-0.4, -0.2) is 61.3 Å². The normalized spacial score (nSPS) is 57.8. The zero-order valence-electron chi connectivity index (χ0n) is 15.7. The smallest absolute Gasteiger partial charge is 0.227 e. The van der Waals surface area contributed by atoms with Crippen LogP contribution in [0.15, 0.2) is 24.3 Å². The Morgan fingerprint density at radius 2 is 1.81 bits per heavy atom. The highest BCUT2D eigenvalue weighted by Gasteiger charge is 2.87. The molecule has 3 aliphatic carbocycles. The van der Waals surface area contributed by atoms with E-state index >= 15 is 0 Å². The van der Waals surface area contributed by atoms with Crippen LogP contribution >= 0.6 is 0 Å². The van der Waals surface area contributed by atoms with Crippen LogP contribution in [-0.2, 0) is 4.74 Å². The van der Waals surface area contributed by atoms with Gasteiger partial charge in [-0.2, -0.15) is 0 Å². The summed E-state index contributed by atoms with van der Waals surface area (Å²) in [6, 6.07) is 0. The lowest BCUT2D eigenvalue weighted by Crippen LogP contribution is -2.83. The third-order valence-electron chi connectivity index (χ3n) is 8.04. The van der Waals surface area contributed by atoms with Gasteiger partial charge in [0.1, 0.15) is 17.3 Å². The largest absolute Gasteiger partial charge is 0.390 e. The molecule has 1 aliphatic heterocycles. The van der Waals surface area contributed by atoms with E-state index in [0.29, 0.717) is 19.3 Å². The molecule has 2 bridgehead atoms. The molecule has 0 spiro atoms. The van der Waals surface area contributed by atoms with Gasteiger partial charge in [-0.15, -0.1) is 6.58 Å². The van der Waals surface area contributed by atoms with Gasteiger partial charge in [-0.25, -0.2) is 0 Å². The number of aliphatic hydroxyl groups excluding tert-OH is 2. The lowest BCUT2D eigenvalue weighted by atomic mass is 9.39. The Bertz CT molecular complexity index is 702. The van der Waals surface area contributed by atoms with Crippen molar-refractivity contribution in [1.29, 1.82) is 0 Å². The number of hydrogen-bond donors (Lipinski definition) is 5. The maximum absolute atomic E-state index is 11.9. The van der Waals surface area contributed by atoms with E-state index in [9.17, 15) is 25.5 Å². The van der Waals surface area contributed by atoms with Crippen LogP contribution in [0.3, 0.4) is 0 Å². The summed E-state index contributed by atoms with van der Waals surface area (Å²) < 4.78 is 5.68. The molecule has 0 aromatic rings. The van der Waals surface area contributed by atoms with E-state index < -0.39 is 45.4 Å². The predicted octanol–water partition coefficient (Wildman–Crippen LogP) is 0.622. The van der Waals surface area contributed by atoms with Crippen LogP contribution in [0.1, 0.15) is 46.5 Å². The van der Waals surface area contributed by atoms with Crippen molar-refractivity contribution in [1.82, 2.24) is 0 Å². The quantitative estimate of drug-likeness (QED) is 0.435. The molecule has 0 radical (unpaired) electrons. The fourth-order valence-electron chi connectivity index (χ4n) is 6.55. The summed E-state index contributed by atoms with van der Waals surface area (Å²) in [5.74, 6) is -2.24. The van der Waals surface area contributed by atoms with Crippen molar-refractivity contribution in [2.75, 3.05) is 6.61 Å². The number of hydrogen-bond acceptors (Lipinski definition) is 6. The van der Waals surface area contributed by atoms with Crippen molar-refractivity contribution < 1.29 is 30.3 Å². The molecule has 6 heteroatoms. The van der Waals surface area contributed by atoms with E-state index in [-0.39, 0.29) is 18.6 Å². The fraction of sp³-hybridized carbons (Fsp3) is 0.800. The van der Waals surface area contributed by atoms with Crippen molar-refractivity contribution >= 4 is 0 Å². The van der Waals surface area contributed by atoms with Crippen molar-refractivity contribution in [3.63, 3.8) is 0 Å². The van der Waals surface area contributed by atoms with Crippen LogP contribution < -0.4 is 0 Å². The van der Waals surface area contributed by atoms with Crippen LogP contribution in [0.2, 0.25) is 0 Å². The predicted molar refractivity (Wildman–Crippen MR) is 93.9 cm³/mol. The highest BCUT2D eigenvalue weighted by molar-refractivity contribution is 5.47. The molecule has 2 unspecified atom stereocenters. The maximum Gasteiger partial charge on any atom is 0.227 e. The molecule has 1 heterocycles. The Morgan fingerprint density at radius 3 is 2.42 bits per heavy atom. The van der Waals surface area contributed by atoms with Gasteiger partial charge in [0.2, 0.25) is 5.79 Å². The minimum atomic E-state index is -2.24. The van der Waals surface area contributed by atoms with Crippen molar-refractivity contribution in [2.45, 2.75) is 75.7 Å². The highest BCUT2D eigenvalue weighted by atomic mass is 16.7. The molecule has 4 rings (SSSR count). The van der Waals surface area contributed by atoms with E-state index in [1.54, 1.807) is 12.2 Å². The van der Waals surface area contributed by atoms with Gasteiger partial charge in [0.05, 0.1) is 18.1 Å². The van der Waals surface area contributed by atoms with Gasteiger partial charge in [-0.05, 0) is 30.3 Å². The Morgan fingerprint density at radius 1 is 1.15 bits per heavy atom. The number of aliphatic hydroxyl groups is 5. The lowest BCUT2D eigenvalue weighted by Gasteiger charge is -2.68. The number of rotatable bonds is 1. The monoisotopic (exact) mass is 366 g/mol. The molecule has 2 saturated carbocycles. The molecule has 0 aromatic carbocycles. The van der Waals surface area contributed by atoms with Gasteiger partial charge >= 0.3 is 0 Å². The minimum Gasteiger partial charge on any atom is -0.390 e. The molecule has 1 saturated heterocycles. The molecule has 26 heavy (non-hydrogen) atoms. The van der Waals surface area contributed by atoms with Crippen LogP contribution in [0.4, 0.5) is 0 Å². The third kappa shape index (κ3) is 1.58. The summed E-state index contributed by atoms with van der Waals surface area (Å²) in [4.78, 5) is 0. The molecular formula is C20H30O6. The molecule has 146 valence electrons. The number of fused-ring (bicyclic) bond motifs is 1. The van der Waals surface area contributed by atoms with Crippen molar-refractivity contribution in [3.05, 3.63) is 24.3 Å². The average molecular weight is 366 g/mol. The summed E-state index contributed by atoms with van der Waals surface area (Å²) in [6.45, 7) is 9.15. The van der Waals surface area contributed by atoms with Crippen LogP contribution in [0.25, 0.3) is 0 Å². The molecular weight excluding hydrogens is 336 g/mol. The highest BCUT2D eigenvalue weighted by Crippen LogP contribution is 2.73. The molecule has 0 amide bonds. The Balaban J connectivity index is 2.06. The standard InChI is InChI=1S/C20H30O6/c1-5-16(4)9-12-14(22)19(24)20(25)15(2,3)7-6-8-17(20,11-26-19)18(12,23)13(21)10-16/h5,9,13-14,21-25H,1,6-8,10-11H2,2-4H3/t13-,14?,16-,17+,18+,19?,20-/m1/s1. The van der Waals surface area contributed by atoms with Gasteiger partial charge < -0.3 is 30.3 Å². The summed E-state index contributed by atoms with van der Waals surface area (Å²) in [5, 5.41) is 57.3. The molecule has 0 aromatic heterocycles. The third-order valence-corrected chi connectivity index (χ3v) is 8.04. The summed E-state index contributed by atoms with van der Waals surface area (Å²) in [5.41, 5.74) is -6.43. The molecule has 6 nitrogen and oxygen atoms in total. The van der Waals surface area contributed by atoms with E-state index in [4.69, 9.17) is 4.74 Å². The van der Waals surface area contributed by atoms with Gasteiger partial charge in [-0.1, -0.05) is 39.3 Å². The molecule has 4 aliphatic rings. The first-order valence-electron chi connectivity index (χ1n) is 9.39. The second-order valence-electron chi connectivity index (χ2n) is 9.71. The van der Waals surface area contributed by atoms with Gasteiger partial charge in [-0.3, -0.25) is 0 Å². The van der Waals surface area contributed by atoms with Crippen LogP contribution in [0.5, 0.6) is 0 Å². The summed E-state index contributed by atoms with van der Waals surface area (Å²) in [6.07, 6.45) is 2.38. The zero-order chi connectivity index (χ0) is 19.4. The van der Waals surface area contributed by atoms with E-state index in [2.05, 4.69) is 6.58 Å². The molecule has 7 atom stereocenters.